The third-order valence-electron chi connectivity index (χ3n) is 2.35. The molecule has 0 aliphatic rings. The second-order valence-electron chi connectivity index (χ2n) is 3.95. The molecule has 1 rings (SSSR count). The maximum Gasteiger partial charge on any atom is 0.417 e. The van der Waals surface area contributed by atoms with E-state index in [0.717, 1.165) is 31.8 Å². The smallest absolute Gasteiger partial charge is 0.385 e. The Morgan fingerprint density at radius 2 is 2.15 bits per heavy atom. The summed E-state index contributed by atoms with van der Waals surface area (Å²) in [6.45, 7) is 2.27. The molecule has 1 heterocycles. The lowest BCUT2D eigenvalue weighted by Crippen LogP contribution is -2.19. The molecule has 0 bridgehead atoms. The summed E-state index contributed by atoms with van der Waals surface area (Å²) >= 11 is 7.12. The highest BCUT2D eigenvalue weighted by molar-refractivity contribution is 7.99. The highest BCUT2D eigenvalue weighted by Crippen LogP contribution is 2.33. The molecule has 0 unspecified atom stereocenters. The zero-order valence-electron chi connectivity index (χ0n) is 11.0. The third-order valence-corrected chi connectivity index (χ3v) is 3.76. The number of ether oxygens (including phenoxy) is 1. The molecule has 0 saturated carbocycles. The van der Waals surface area contributed by atoms with Crippen LogP contribution in [-0.4, -0.2) is 37.5 Å². The van der Waals surface area contributed by atoms with Crippen molar-refractivity contribution in [2.75, 3.05) is 32.6 Å². The molecule has 0 aliphatic carbocycles. The lowest BCUT2D eigenvalue weighted by Gasteiger charge is -2.09. The second kappa shape index (κ2) is 8.71. The van der Waals surface area contributed by atoms with Crippen LogP contribution in [0.25, 0.3) is 0 Å². The molecule has 0 aliphatic heterocycles. The van der Waals surface area contributed by atoms with E-state index in [1.165, 1.54) is 11.8 Å². The Bertz CT molecular complexity index is 418. The van der Waals surface area contributed by atoms with Crippen molar-refractivity contribution in [2.45, 2.75) is 17.6 Å². The van der Waals surface area contributed by atoms with Crippen LogP contribution in [0.3, 0.4) is 0 Å². The molecule has 1 aromatic rings. The fourth-order valence-electron chi connectivity index (χ4n) is 1.37. The van der Waals surface area contributed by atoms with Gasteiger partial charge >= 0.3 is 6.18 Å². The van der Waals surface area contributed by atoms with Crippen molar-refractivity contribution in [3.05, 3.63) is 22.8 Å². The van der Waals surface area contributed by atoms with E-state index in [1.807, 2.05) is 0 Å². The van der Waals surface area contributed by atoms with Crippen LogP contribution in [0.1, 0.15) is 12.0 Å². The van der Waals surface area contributed by atoms with Gasteiger partial charge in [0.05, 0.1) is 10.6 Å². The summed E-state index contributed by atoms with van der Waals surface area (Å²) in [6.07, 6.45) is -2.69. The molecule has 0 spiro atoms. The molecule has 0 radical (unpaired) electrons. The monoisotopic (exact) mass is 328 g/mol. The molecule has 1 N–H and O–H groups in total. The first-order valence-corrected chi connectivity index (χ1v) is 7.36. The van der Waals surface area contributed by atoms with Gasteiger partial charge in [-0.05, 0) is 19.0 Å². The highest BCUT2D eigenvalue weighted by atomic mass is 35.5. The molecule has 0 atom stereocenters. The molecule has 8 heteroatoms. The Balaban J connectivity index is 2.34. The van der Waals surface area contributed by atoms with Crippen LogP contribution >= 0.6 is 23.4 Å². The second-order valence-corrected chi connectivity index (χ2v) is 5.44. The van der Waals surface area contributed by atoms with E-state index in [2.05, 4.69) is 10.3 Å². The van der Waals surface area contributed by atoms with Gasteiger partial charge in [0.15, 0.2) is 0 Å². The molecule has 0 fully saturated rings. The number of hydrogen-bond donors (Lipinski definition) is 1. The molecular formula is C12H16ClF3N2OS. The van der Waals surface area contributed by atoms with Crippen LogP contribution in [0, 0.1) is 0 Å². The van der Waals surface area contributed by atoms with Gasteiger partial charge in [0.25, 0.3) is 0 Å². The molecule has 0 amide bonds. The summed E-state index contributed by atoms with van der Waals surface area (Å²) in [6, 6.07) is 0.906. The van der Waals surface area contributed by atoms with Crippen LogP contribution in [-0.2, 0) is 10.9 Å². The van der Waals surface area contributed by atoms with Gasteiger partial charge in [-0.15, -0.1) is 11.8 Å². The van der Waals surface area contributed by atoms with Crippen molar-refractivity contribution in [3.63, 3.8) is 0 Å². The minimum Gasteiger partial charge on any atom is -0.385 e. The maximum absolute atomic E-state index is 12.4. The number of aromatic nitrogens is 1. The van der Waals surface area contributed by atoms with E-state index < -0.39 is 11.7 Å². The van der Waals surface area contributed by atoms with E-state index in [9.17, 15) is 13.2 Å². The van der Waals surface area contributed by atoms with E-state index in [1.54, 1.807) is 7.11 Å². The lowest BCUT2D eigenvalue weighted by molar-refractivity contribution is -0.137. The van der Waals surface area contributed by atoms with Crippen LogP contribution in [0.5, 0.6) is 0 Å². The van der Waals surface area contributed by atoms with Crippen LogP contribution < -0.4 is 5.32 Å². The molecule has 114 valence electrons. The Hall–Kier alpha value is -0.500. The Morgan fingerprint density at radius 3 is 2.75 bits per heavy atom. The Kier molecular flexibility index (Phi) is 7.65. The summed E-state index contributed by atoms with van der Waals surface area (Å²) < 4.78 is 42.2. The maximum atomic E-state index is 12.4. The van der Waals surface area contributed by atoms with E-state index >= 15 is 0 Å². The standard InChI is InChI=1S/C12H16ClF3N2OS/c1-19-5-2-3-17-4-6-20-11-10(13)7-9(8-18-11)12(14,15)16/h7-8,17H,2-6H2,1H3. The zero-order valence-corrected chi connectivity index (χ0v) is 12.5. The predicted octanol–water partition coefficient (Wildman–Crippen LogP) is 3.47. The molecule has 3 nitrogen and oxygen atoms in total. The number of nitrogens with one attached hydrogen (secondary N) is 1. The average Bonchev–Trinajstić information content (AvgIpc) is 2.38. The van der Waals surface area contributed by atoms with Gasteiger partial charge in [0, 0.05) is 32.2 Å². The van der Waals surface area contributed by atoms with Gasteiger partial charge in [-0.25, -0.2) is 4.98 Å². The van der Waals surface area contributed by atoms with Gasteiger partial charge in [-0.2, -0.15) is 13.2 Å². The van der Waals surface area contributed by atoms with E-state index in [-0.39, 0.29) is 5.02 Å². The lowest BCUT2D eigenvalue weighted by atomic mass is 10.3. The first-order chi connectivity index (χ1) is 9.45. The number of thioether (sulfide) groups is 1. The average molecular weight is 329 g/mol. The first-order valence-electron chi connectivity index (χ1n) is 6.00. The molecule has 20 heavy (non-hydrogen) atoms. The summed E-state index contributed by atoms with van der Waals surface area (Å²) in [5.74, 6) is 0.686. The van der Waals surface area contributed by atoms with Gasteiger partial charge in [-0.1, -0.05) is 11.6 Å². The van der Waals surface area contributed by atoms with E-state index in [4.69, 9.17) is 16.3 Å². The van der Waals surface area contributed by atoms with Crippen molar-refractivity contribution in [1.29, 1.82) is 0 Å². The molecule has 0 aromatic carbocycles. The zero-order chi connectivity index (χ0) is 15.0. The quantitative estimate of drug-likeness (QED) is 0.585. The summed E-state index contributed by atoms with van der Waals surface area (Å²) in [5.41, 5.74) is -0.829. The fraction of sp³-hybridized carbons (Fsp3) is 0.583. The minimum atomic E-state index is -4.41. The van der Waals surface area contributed by atoms with Gasteiger partial charge in [0.1, 0.15) is 5.03 Å². The van der Waals surface area contributed by atoms with E-state index in [0.29, 0.717) is 17.4 Å². The van der Waals surface area contributed by atoms with Crippen molar-refractivity contribution in [1.82, 2.24) is 10.3 Å². The van der Waals surface area contributed by atoms with Crippen molar-refractivity contribution < 1.29 is 17.9 Å². The summed E-state index contributed by atoms with van der Waals surface area (Å²) in [5, 5.41) is 3.64. The topological polar surface area (TPSA) is 34.1 Å². The van der Waals surface area contributed by atoms with Gasteiger partial charge in [-0.3, -0.25) is 0 Å². The van der Waals surface area contributed by atoms with Crippen molar-refractivity contribution in [2.24, 2.45) is 0 Å². The summed E-state index contributed by atoms with van der Waals surface area (Å²) in [4.78, 5) is 3.76. The van der Waals surface area contributed by atoms with Crippen LogP contribution in [0.2, 0.25) is 5.02 Å². The van der Waals surface area contributed by atoms with Crippen molar-refractivity contribution >= 4 is 23.4 Å². The van der Waals surface area contributed by atoms with Crippen LogP contribution in [0.15, 0.2) is 17.3 Å². The largest absolute Gasteiger partial charge is 0.417 e. The number of rotatable bonds is 8. The molecule has 1 aromatic heterocycles. The highest BCUT2D eigenvalue weighted by Gasteiger charge is 2.31. The van der Waals surface area contributed by atoms with Gasteiger partial charge in [0.2, 0.25) is 0 Å². The van der Waals surface area contributed by atoms with Crippen molar-refractivity contribution in [3.8, 4) is 0 Å². The number of alkyl halides is 3. The van der Waals surface area contributed by atoms with Gasteiger partial charge < -0.3 is 10.1 Å². The molecular weight excluding hydrogens is 313 g/mol. The SMILES string of the molecule is COCCCNCCSc1ncc(C(F)(F)F)cc1Cl. The Labute approximate surface area is 125 Å². The summed E-state index contributed by atoms with van der Waals surface area (Å²) in [7, 11) is 1.65. The predicted molar refractivity (Wildman–Crippen MR) is 74.3 cm³/mol. The number of pyridine rings is 1. The van der Waals surface area contributed by atoms with Crippen LogP contribution in [0.4, 0.5) is 13.2 Å². The number of halogens is 4. The number of hydrogen-bond acceptors (Lipinski definition) is 4. The third kappa shape index (κ3) is 6.30. The minimum absolute atomic E-state index is 0.0317. The first kappa shape index (κ1) is 17.6. The number of methoxy groups -OCH3 is 1. The fourth-order valence-corrected chi connectivity index (χ4v) is 2.47. The Morgan fingerprint density at radius 1 is 1.40 bits per heavy atom. The normalized spacial score (nSPS) is 11.8. The number of nitrogens with zero attached hydrogens (tertiary/aromatic N) is 1. The molecule has 0 saturated heterocycles.